The molecule has 4 nitrogen and oxygen atoms in total. The zero-order valence-corrected chi connectivity index (χ0v) is 14.5. The summed E-state index contributed by atoms with van der Waals surface area (Å²) in [4.78, 5) is 0. The Morgan fingerprint density at radius 1 is 0.789 bits per heavy atom. The average Bonchev–Trinajstić information content (AvgIpc) is 2.50. The van der Waals surface area contributed by atoms with E-state index in [0.29, 0.717) is 11.8 Å². The molecule has 0 bridgehead atoms. The second kappa shape index (κ2) is 14.6. The molecule has 0 radical (unpaired) electrons. The molecule has 0 saturated carbocycles. The van der Waals surface area contributed by atoms with Gasteiger partial charge in [0, 0.05) is 11.8 Å². The molecule has 0 aromatic heterocycles. The minimum absolute atomic E-state index is 0.299. The Balaban J connectivity index is 0.000000284. The molecular weight excluding hydrogens is 466 g/mol. The van der Waals surface area contributed by atoms with Gasteiger partial charge in [-0.2, -0.15) is 10.5 Å². The van der Waals surface area contributed by atoms with E-state index in [1.807, 2.05) is 0 Å². The van der Waals surface area contributed by atoms with E-state index in [-0.39, 0.29) is 0 Å². The molecule has 0 aromatic carbocycles. The number of hydrogen-bond acceptors (Lipinski definition) is 2. The van der Waals surface area contributed by atoms with E-state index < -0.39 is 16.5 Å². The Morgan fingerprint density at radius 3 is 1.21 bits per heavy atom. The van der Waals surface area contributed by atoms with Crippen molar-refractivity contribution in [1.82, 2.24) is 0 Å². The van der Waals surface area contributed by atoms with Gasteiger partial charge in [-0.1, -0.05) is 25.7 Å². The molecule has 0 N–H and O–H groups in total. The van der Waals surface area contributed by atoms with E-state index in [2.05, 4.69) is 22.8 Å². The predicted molar refractivity (Wildman–Crippen MR) is 74.6 cm³/mol. The van der Waals surface area contributed by atoms with Crippen LogP contribution in [0, 0.1) is 34.5 Å². The first kappa shape index (κ1) is 19.2. The third-order valence-electron chi connectivity index (χ3n) is 2.91. The monoisotopic (exact) mass is 483 g/mol. The summed E-state index contributed by atoms with van der Waals surface area (Å²) in [6, 6.07) is 4.49. The predicted octanol–water partition coefficient (Wildman–Crippen LogP) is 3.96. The van der Waals surface area contributed by atoms with Gasteiger partial charge >= 0.3 is 35.3 Å². The van der Waals surface area contributed by atoms with Gasteiger partial charge < -0.3 is 10.6 Å². The molecule has 110 valence electrons. The van der Waals surface area contributed by atoms with E-state index in [0.717, 1.165) is 51.9 Å². The van der Waals surface area contributed by atoms with Gasteiger partial charge in [-0.3, -0.25) is 0 Å². The van der Waals surface area contributed by atoms with Crippen LogP contribution in [0.3, 0.4) is 0 Å². The molecule has 0 atom stereocenters. The Hall–Kier alpha value is 0.168. The van der Waals surface area contributed by atoms with E-state index in [9.17, 15) is 0 Å². The molecule has 2 fully saturated rings. The molecule has 2 saturated heterocycles. The first-order valence-corrected chi connectivity index (χ1v) is 11.8. The summed E-state index contributed by atoms with van der Waals surface area (Å²) in [7, 11) is 9.75. The fourth-order valence-electron chi connectivity index (χ4n) is 1.76. The molecule has 2 aliphatic rings. The van der Waals surface area contributed by atoms with Crippen LogP contribution in [0.15, 0.2) is 0 Å². The van der Waals surface area contributed by atoms with Gasteiger partial charge in [-0.05, 0) is 0 Å². The molecule has 19 heavy (non-hydrogen) atoms. The van der Waals surface area contributed by atoms with Crippen LogP contribution in [0.2, 0.25) is 0 Å². The molecule has 2 heterocycles. The molecule has 0 unspecified atom stereocenters. The molecule has 0 aromatic rings. The standard InChI is InChI=1S/2C6H9N2.2ClH.Pt/c2*7-5-6-1-3-8-4-2-6;;;/h2*6H,1-4H2;2*1H;/q2*-1;;;+4/p-2. The van der Waals surface area contributed by atoms with Gasteiger partial charge in [0.15, 0.2) is 0 Å². The zero-order chi connectivity index (χ0) is 14.3. The van der Waals surface area contributed by atoms with Crippen LogP contribution in [0.5, 0.6) is 0 Å². The summed E-state index contributed by atoms with van der Waals surface area (Å²) >= 11 is -0.472. The summed E-state index contributed by atoms with van der Waals surface area (Å²) in [5.41, 5.74) is 0. The number of nitrogens with zero attached hydrogens (tertiary/aromatic N) is 4. The third-order valence-corrected chi connectivity index (χ3v) is 2.91. The topological polar surface area (TPSA) is 75.8 Å². The Bertz CT molecular complexity index is 250. The van der Waals surface area contributed by atoms with Gasteiger partial charge in [0.25, 0.3) is 0 Å². The van der Waals surface area contributed by atoms with Crippen molar-refractivity contribution in [3.05, 3.63) is 10.6 Å². The van der Waals surface area contributed by atoms with Crippen molar-refractivity contribution < 1.29 is 16.5 Å². The van der Waals surface area contributed by atoms with Crippen molar-refractivity contribution >= 4 is 18.8 Å². The van der Waals surface area contributed by atoms with Crippen LogP contribution in [0.1, 0.15) is 25.7 Å². The summed E-state index contributed by atoms with van der Waals surface area (Å²) in [6.45, 7) is 3.60. The maximum absolute atomic E-state index is 8.40. The van der Waals surface area contributed by atoms with Crippen LogP contribution in [-0.2, 0) is 16.5 Å². The van der Waals surface area contributed by atoms with Gasteiger partial charge in [0.05, 0.1) is 12.1 Å². The second-order valence-electron chi connectivity index (χ2n) is 4.19. The number of rotatable bonds is 0. The molecule has 0 aliphatic carbocycles. The van der Waals surface area contributed by atoms with E-state index in [4.69, 9.17) is 29.4 Å². The van der Waals surface area contributed by atoms with Crippen molar-refractivity contribution in [3.8, 4) is 12.1 Å². The molecule has 0 spiro atoms. The number of nitriles is 2. The third kappa shape index (κ3) is 11.7. The summed E-state index contributed by atoms with van der Waals surface area (Å²) in [5, 5.41) is 25.0. The summed E-state index contributed by atoms with van der Waals surface area (Å²) < 4.78 is 0. The molecule has 7 heteroatoms. The minimum atomic E-state index is -0.472. The van der Waals surface area contributed by atoms with Crippen LogP contribution in [-0.4, -0.2) is 26.2 Å². The first-order valence-electron chi connectivity index (χ1n) is 6.16. The Morgan fingerprint density at radius 2 is 1.05 bits per heavy atom. The fourth-order valence-corrected chi connectivity index (χ4v) is 1.76. The van der Waals surface area contributed by atoms with Crippen LogP contribution >= 0.6 is 18.8 Å². The van der Waals surface area contributed by atoms with E-state index in [1.54, 1.807) is 0 Å². The van der Waals surface area contributed by atoms with Gasteiger partial charge in [0.1, 0.15) is 0 Å². The van der Waals surface area contributed by atoms with E-state index >= 15 is 0 Å². The molecule has 2 aliphatic heterocycles. The van der Waals surface area contributed by atoms with Crippen LogP contribution < -0.4 is 0 Å². The first-order chi connectivity index (χ1) is 9.28. The average molecular weight is 484 g/mol. The number of piperidine rings is 2. The SMILES string of the molecule is N#CC1CC[N-]CC1.N#CC1CC[N-]CC1.[Cl][Pt+2][Cl]. The number of hydrogen-bond donors (Lipinski definition) is 0. The number of halogens is 2. The van der Waals surface area contributed by atoms with Crippen molar-refractivity contribution in [3.63, 3.8) is 0 Å². The van der Waals surface area contributed by atoms with Crippen molar-refractivity contribution in [2.75, 3.05) is 26.2 Å². The maximum atomic E-state index is 8.40. The van der Waals surface area contributed by atoms with Gasteiger partial charge in [0.2, 0.25) is 0 Å². The zero-order valence-electron chi connectivity index (χ0n) is 10.7. The van der Waals surface area contributed by atoms with Gasteiger partial charge in [-0.25, -0.2) is 0 Å². The molecule has 2 rings (SSSR count). The van der Waals surface area contributed by atoms with E-state index in [1.165, 1.54) is 0 Å². The van der Waals surface area contributed by atoms with Crippen molar-refractivity contribution in [1.29, 1.82) is 10.5 Å². The quantitative estimate of drug-likeness (QED) is 0.522. The Labute approximate surface area is 132 Å². The molecular formula is C12H18Cl2N4Pt. The van der Waals surface area contributed by atoms with Crippen molar-refractivity contribution in [2.24, 2.45) is 11.8 Å². The molecule has 0 amide bonds. The fraction of sp³-hybridized carbons (Fsp3) is 0.833. The Kier molecular flexibility index (Phi) is 14.7. The summed E-state index contributed by atoms with van der Waals surface area (Å²) in [5.74, 6) is 0.597. The van der Waals surface area contributed by atoms with Crippen molar-refractivity contribution in [2.45, 2.75) is 25.7 Å². The normalized spacial score (nSPS) is 20.0. The van der Waals surface area contributed by atoms with Crippen LogP contribution in [0.4, 0.5) is 0 Å². The summed E-state index contributed by atoms with van der Waals surface area (Å²) in [6.07, 6.45) is 3.93. The van der Waals surface area contributed by atoms with Crippen LogP contribution in [0.25, 0.3) is 10.6 Å². The second-order valence-corrected chi connectivity index (χ2v) is 7.48. The van der Waals surface area contributed by atoms with Gasteiger partial charge in [-0.15, -0.1) is 26.2 Å².